The van der Waals surface area contributed by atoms with Crippen LogP contribution in [0, 0.1) is 0 Å². The molecule has 0 aromatic heterocycles. The predicted octanol–water partition coefficient (Wildman–Crippen LogP) is 16.4. The summed E-state index contributed by atoms with van der Waals surface area (Å²) in [5.41, 5.74) is 21.9. The molecule has 2 nitrogen and oxygen atoms in total. The van der Waals surface area contributed by atoms with Crippen molar-refractivity contribution in [3.63, 3.8) is 0 Å². The van der Waals surface area contributed by atoms with Crippen molar-refractivity contribution in [2.24, 2.45) is 0 Å². The smallest absolute Gasteiger partial charge is 0.0727 e. The van der Waals surface area contributed by atoms with Gasteiger partial charge in [-0.1, -0.05) is 184 Å². The number of rotatable bonds is 6. The number of nitrogens with zero attached hydrogens (tertiary/aromatic N) is 2. The van der Waals surface area contributed by atoms with Crippen LogP contribution in [0.1, 0.15) is 47.2 Å². The van der Waals surface area contributed by atoms with E-state index < -0.39 is 5.41 Å². The Morgan fingerprint density at radius 1 is 0.297 bits per heavy atom. The lowest BCUT2D eigenvalue weighted by atomic mass is 9.70. The maximum atomic E-state index is 2.51. The lowest BCUT2D eigenvalue weighted by molar-refractivity contribution is 0.660. The van der Waals surface area contributed by atoms with Crippen molar-refractivity contribution in [3.8, 4) is 33.4 Å². The summed E-state index contributed by atoms with van der Waals surface area (Å²) in [6.07, 6.45) is 0. The highest BCUT2D eigenvalue weighted by molar-refractivity contribution is 6.05. The molecule has 0 saturated carbocycles. The first-order chi connectivity index (χ1) is 31.5. The Kier molecular flexibility index (Phi) is 7.90. The first kappa shape index (κ1) is 36.7. The monoisotopic (exact) mass is 816 g/mol. The maximum Gasteiger partial charge on any atom is 0.0727 e. The fourth-order valence-electron chi connectivity index (χ4n) is 11.7. The van der Waals surface area contributed by atoms with Crippen molar-refractivity contribution >= 4 is 44.9 Å². The molecule has 2 heteroatoms. The van der Waals surface area contributed by atoms with Crippen molar-refractivity contribution < 1.29 is 0 Å². The Balaban J connectivity index is 1.07. The number of para-hydroxylation sites is 2. The predicted molar refractivity (Wildman–Crippen MR) is 267 cm³/mol. The van der Waals surface area contributed by atoms with Gasteiger partial charge in [0.1, 0.15) is 0 Å². The zero-order valence-corrected chi connectivity index (χ0v) is 35.8. The van der Waals surface area contributed by atoms with E-state index in [0.717, 1.165) is 28.4 Å². The standard InChI is InChI=1S/C62H44N2/c1-61(2)52-29-14-11-26-47(52)49-37-35-44(39-56(49)61)63(42-21-5-3-6-22-42)45-36-38-50-48-27-12-15-30-53(48)62(57(50)40-45)54-31-16-13-28-51(54)60-55(62)32-18-34-59(60)64(43-23-7-4-8-24-43)58-33-17-20-41-19-9-10-25-46(41)58/h3-40H,1-2H3. The van der Waals surface area contributed by atoms with Gasteiger partial charge in [-0.15, -0.1) is 0 Å². The normalized spacial score (nSPS) is 15.5. The number of fused-ring (bicyclic) bond motifs is 14. The summed E-state index contributed by atoms with van der Waals surface area (Å²) in [4.78, 5) is 4.95. The third kappa shape index (κ3) is 5.02. The van der Waals surface area contributed by atoms with Crippen LogP contribution in [-0.2, 0) is 10.8 Å². The molecule has 0 radical (unpaired) electrons. The SMILES string of the molecule is CC1(C)c2ccccc2-c2ccc(N(c3ccccc3)c3ccc4c(c3)C3(c5ccccc5-4)c4ccccc4-c4c(N(c5ccccc5)c5cccc6ccccc56)cccc43)cc21. The molecule has 0 heterocycles. The summed E-state index contributed by atoms with van der Waals surface area (Å²) in [7, 11) is 0. The molecule has 302 valence electrons. The van der Waals surface area contributed by atoms with Crippen LogP contribution in [0.3, 0.4) is 0 Å². The van der Waals surface area contributed by atoms with E-state index in [1.165, 1.54) is 83.2 Å². The number of anilines is 6. The number of benzene rings is 10. The van der Waals surface area contributed by atoms with Crippen LogP contribution in [0.4, 0.5) is 34.1 Å². The fraction of sp³-hybridized carbons (Fsp3) is 0.0645. The Labute approximate surface area is 375 Å². The van der Waals surface area contributed by atoms with Gasteiger partial charge in [0.25, 0.3) is 0 Å². The van der Waals surface area contributed by atoms with E-state index in [0.29, 0.717) is 0 Å². The third-order valence-electron chi connectivity index (χ3n) is 14.4. The summed E-state index contributed by atoms with van der Waals surface area (Å²) in [6.45, 7) is 4.74. The molecular weight excluding hydrogens is 773 g/mol. The Morgan fingerprint density at radius 2 is 0.766 bits per heavy atom. The fourth-order valence-corrected chi connectivity index (χ4v) is 11.7. The highest BCUT2D eigenvalue weighted by Crippen LogP contribution is 2.65. The maximum absolute atomic E-state index is 2.51. The lowest BCUT2D eigenvalue weighted by Crippen LogP contribution is -2.26. The van der Waals surface area contributed by atoms with Gasteiger partial charge in [0, 0.05) is 39.1 Å². The molecule has 0 saturated heterocycles. The molecule has 0 amide bonds. The molecule has 0 N–H and O–H groups in total. The molecule has 10 aromatic carbocycles. The molecule has 1 atom stereocenters. The van der Waals surface area contributed by atoms with Crippen molar-refractivity contribution in [1.29, 1.82) is 0 Å². The highest BCUT2D eigenvalue weighted by Gasteiger charge is 2.53. The Hall–Kier alpha value is -7.94. The van der Waals surface area contributed by atoms with E-state index in [-0.39, 0.29) is 5.41 Å². The van der Waals surface area contributed by atoms with E-state index in [9.17, 15) is 0 Å². The largest absolute Gasteiger partial charge is 0.310 e. The van der Waals surface area contributed by atoms with Crippen LogP contribution in [-0.4, -0.2) is 0 Å². The van der Waals surface area contributed by atoms with Crippen LogP contribution >= 0.6 is 0 Å². The van der Waals surface area contributed by atoms with Gasteiger partial charge in [-0.05, 0) is 127 Å². The van der Waals surface area contributed by atoms with Gasteiger partial charge in [-0.3, -0.25) is 0 Å². The van der Waals surface area contributed by atoms with Gasteiger partial charge < -0.3 is 9.80 Å². The van der Waals surface area contributed by atoms with E-state index in [1.807, 2.05) is 0 Å². The number of hydrogen-bond acceptors (Lipinski definition) is 2. The van der Waals surface area contributed by atoms with Crippen molar-refractivity contribution in [2.75, 3.05) is 9.80 Å². The molecule has 13 rings (SSSR count). The Morgan fingerprint density at radius 3 is 1.48 bits per heavy atom. The second kappa shape index (κ2) is 13.8. The van der Waals surface area contributed by atoms with Gasteiger partial charge in [-0.25, -0.2) is 0 Å². The summed E-state index contributed by atoms with van der Waals surface area (Å²) >= 11 is 0. The molecule has 10 aromatic rings. The summed E-state index contributed by atoms with van der Waals surface area (Å²) in [6, 6.07) is 85.8. The van der Waals surface area contributed by atoms with E-state index in [1.54, 1.807) is 0 Å². The molecule has 64 heavy (non-hydrogen) atoms. The first-order valence-corrected chi connectivity index (χ1v) is 22.4. The quantitative estimate of drug-likeness (QED) is 0.165. The van der Waals surface area contributed by atoms with Gasteiger partial charge >= 0.3 is 0 Å². The van der Waals surface area contributed by atoms with Crippen LogP contribution < -0.4 is 9.80 Å². The van der Waals surface area contributed by atoms with E-state index in [2.05, 4.69) is 254 Å². The molecule has 0 bridgehead atoms. The molecule has 3 aliphatic carbocycles. The highest BCUT2D eigenvalue weighted by atomic mass is 15.2. The van der Waals surface area contributed by atoms with E-state index in [4.69, 9.17) is 0 Å². The summed E-state index contributed by atoms with van der Waals surface area (Å²) in [5.74, 6) is 0. The van der Waals surface area contributed by atoms with Crippen molar-refractivity contribution in [1.82, 2.24) is 0 Å². The molecule has 1 spiro atoms. The van der Waals surface area contributed by atoms with Crippen LogP contribution in [0.25, 0.3) is 44.2 Å². The average Bonchev–Trinajstić information content (AvgIpc) is 3.91. The minimum absolute atomic E-state index is 0.122. The molecule has 3 aliphatic rings. The van der Waals surface area contributed by atoms with Gasteiger partial charge in [0.05, 0.1) is 16.8 Å². The molecule has 0 fully saturated rings. The van der Waals surface area contributed by atoms with Crippen LogP contribution in [0.2, 0.25) is 0 Å². The van der Waals surface area contributed by atoms with Crippen LogP contribution in [0.5, 0.6) is 0 Å². The minimum atomic E-state index is -0.561. The molecular formula is C62H44N2. The second-order valence-electron chi connectivity index (χ2n) is 18.0. The minimum Gasteiger partial charge on any atom is -0.310 e. The van der Waals surface area contributed by atoms with Crippen molar-refractivity contribution in [2.45, 2.75) is 24.7 Å². The zero-order chi connectivity index (χ0) is 42.6. The molecule has 0 aliphatic heterocycles. The van der Waals surface area contributed by atoms with Gasteiger partial charge in [-0.2, -0.15) is 0 Å². The second-order valence-corrected chi connectivity index (χ2v) is 18.0. The summed E-state index contributed by atoms with van der Waals surface area (Å²) < 4.78 is 0. The lowest BCUT2D eigenvalue weighted by Gasteiger charge is -2.33. The van der Waals surface area contributed by atoms with Gasteiger partial charge in [0.2, 0.25) is 0 Å². The van der Waals surface area contributed by atoms with Crippen molar-refractivity contribution in [3.05, 3.63) is 264 Å². The summed E-state index contributed by atoms with van der Waals surface area (Å²) in [5, 5.41) is 2.43. The third-order valence-corrected chi connectivity index (χ3v) is 14.4. The van der Waals surface area contributed by atoms with Gasteiger partial charge in [0.15, 0.2) is 0 Å². The number of hydrogen-bond donors (Lipinski definition) is 0. The molecule has 1 unspecified atom stereocenters. The van der Waals surface area contributed by atoms with Crippen LogP contribution in [0.15, 0.2) is 231 Å². The Bertz CT molecular complexity index is 3490. The topological polar surface area (TPSA) is 6.48 Å². The zero-order valence-electron chi connectivity index (χ0n) is 35.8. The first-order valence-electron chi connectivity index (χ1n) is 22.4. The average molecular weight is 817 g/mol. The van der Waals surface area contributed by atoms with E-state index >= 15 is 0 Å².